The van der Waals surface area contributed by atoms with Gasteiger partial charge in [-0.2, -0.15) is 0 Å². The van der Waals surface area contributed by atoms with Gasteiger partial charge in [-0.15, -0.1) is 11.8 Å². The second kappa shape index (κ2) is 6.57. The van der Waals surface area contributed by atoms with Gasteiger partial charge in [0.2, 0.25) is 11.9 Å². The number of nitrogens with zero attached hydrogens (tertiary/aromatic N) is 3. The molecule has 0 unspecified atom stereocenters. The number of carbonyl (C=O) groups is 1. The minimum atomic E-state index is 0.0409. The van der Waals surface area contributed by atoms with Crippen molar-refractivity contribution in [3.8, 4) is 0 Å². The van der Waals surface area contributed by atoms with Gasteiger partial charge in [0.05, 0.1) is 5.75 Å². The first-order valence-corrected chi connectivity index (χ1v) is 8.25. The van der Waals surface area contributed by atoms with Crippen LogP contribution in [0.25, 0.3) is 0 Å². The highest BCUT2D eigenvalue weighted by Crippen LogP contribution is 2.26. The fourth-order valence-electron chi connectivity index (χ4n) is 2.09. The highest BCUT2D eigenvalue weighted by molar-refractivity contribution is 8.00. The van der Waals surface area contributed by atoms with Gasteiger partial charge in [-0.3, -0.25) is 9.69 Å². The van der Waals surface area contributed by atoms with E-state index in [-0.39, 0.29) is 11.3 Å². The maximum absolute atomic E-state index is 12.2. The Labute approximate surface area is 136 Å². The highest BCUT2D eigenvalue weighted by Gasteiger charge is 2.16. The van der Waals surface area contributed by atoms with Crippen LogP contribution in [-0.2, 0) is 17.3 Å². The summed E-state index contributed by atoms with van der Waals surface area (Å²) < 4.78 is 1.83. The van der Waals surface area contributed by atoms with Crippen LogP contribution in [0.5, 0.6) is 0 Å². The summed E-state index contributed by atoms with van der Waals surface area (Å²) in [6.45, 7) is 6.58. The fourth-order valence-corrected chi connectivity index (χ4v) is 2.90. The third kappa shape index (κ3) is 3.91. The number of amides is 1. The summed E-state index contributed by atoms with van der Waals surface area (Å²) in [5, 5.41) is 0. The van der Waals surface area contributed by atoms with E-state index in [0.717, 1.165) is 4.90 Å². The van der Waals surface area contributed by atoms with E-state index >= 15 is 0 Å². The molecule has 1 amide bonds. The summed E-state index contributed by atoms with van der Waals surface area (Å²) in [5.74, 6) is 1.10. The SMILES string of the molecule is CN(C(=O)CSc1ccc(C(C)(C)C)cc1)c1nccn1C. The molecule has 1 aromatic heterocycles. The highest BCUT2D eigenvalue weighted by atomic mass is 32.2. The van der Waals surface area contributed by atoms with Crippen LogP contribution in [0, 0.1) is 0 Å². The number of carbonyl (C=O) groups excluding carboxylic acids is 1. The monoisotopic (exact) mass is 317 g/mol. The van der Waals surface area contributed by atoms with E-state index in [2.05, 4.69) is 50.0 Å². The Morgan fingerprint density at radius 1 is 1.27 bits per heavy atom. The van der Waals surface area contributed by atoms with Crippen molar-refractivity contribution < 1.29 is 4.79 Å². The van der Waals surface area contributed by atoms with Crippen LogP contribution in [0.3, 0.4) is 0 Å². The van der Waals surface area contributed by atoms with Crippen molar-refractivity contribution in [2.24, 2.45) is 7.05 Å². The molecule has 0 aliphatic heterocycles. The number of rotatable bonds is 4. The normalized spacial score (nSPS) is 11.5. The molecule has 0 N–H and O–H groups in total. The van der Waals surface area contributed by atoms with Crippen LogP contribution >= 0.6 is 11.8 Å². The zero-order valence-corrected chi connectivity index (χ0v) is 14.6. The molecular formula is C17H23N3OS. The molecule has 0 aliphatic carbocycles. The Morgan fingerprint density at radius 3 is 2.41 bits per heavy atom. The molecule has 22 heavy (non-hydrogen) atoms. The van der Waals surface area contributed by atoms with Crippen molar-refractivity contribution in [1.82, 2.24) is 9.55 Å². The van der Waals surface area contributed by atoms with Crippen LogP contribution in [0.2, 0.25) is 0 Å². The van der Waals surface area contributed by atoms with Gasteiger partial charge < -0.3 is 4.57 Å². The Hall–Kier alpha value is -1.75. The van der Waals surface area contributed by atoms with Gasteiger partial charge >= 0.3 is 0 Å². The van der Waals surface area contributed by atoms with Crippen LogP contribution in [-0.4, -0.2) is 28.3 Å². The van der Waals surface area contributed by atoms with Crippen LogP contribution in [0.1, 0.15) is 26.3 Å². The molecule has 0 atom stereocenters. The minimum absolute atomic E-state index is 0.0409. The van der Waals surface area contributed by atoms with Crippen LogP contribution in [0.15, 0.2) is 41.6 Å². The Kier molecular flexibility index (Phi) is 4.96. The summed E-state index contributed by atoms with van der Waals surface area (Å²) in [6, 6.07) is 8.43. The largest absolute Gasteiger partial charge is 0.320 e. The van der Waals surface area contributed by atoms with E-state index < -0.39 is 0 Å². The lowest BCUT2D eigenvalue weighted by molar-refractivity contribution is -0.116. The van der Waals surface area contributed by atoms with Crippen molar-refractivity contribution in [3.63, 3.8) is 0 Å². The average molecular weight is 317 g/mol. The molecule has 4 nitrogen and oxygen atoms in total. The zero-order chi connectivity index (χ0) is 16.3. The predicted molar refractivity (Wildman–Crippen MR) is 92.5 cm³/mol. The molecule has 118 valence electrons. The molecule has 0 saturated carbocycles. The zero-order valence-electron chi connectivity index (χ0n) is 13.8. The molecular weight excluding hydrogens is 294 g/mol. The number of imidazole rings is 1. The van der Waals surface area contributed by atoms with Gasteiger partial charge in [-0.1, -0.05) is 32.9 Å². The smallest absolute Gasteiger partial charge is 0.239 e. The lowest BCUT2D eigenvalue weighted by atomic mass is 9.87. The van der Waals surface area contributed by atoms with Crippen molar-refractivity contribution in [3.05, 3.63) is 42.2 Å². The maximum atomic E-state index is 12.2. The lowest BCUT2D eigenvalue weighted by Crippen LogP contribution is -2.30. The number of aryl methyl sites for hydroxylation is 1. The topological polar surface area (TPSA) is 38.1 Å². The molecule has 0 saturated heterocycles. The molecule has 2 aromatic rings. The van der Waals surface area contributed by atoms with Gasteiger partial charge in [0, 0.05) is 31.4 Å². The summed E-state index contributed by atoms with van der Waals surface area (Å²) in [7, 11) is 3.64. The molecule has 1 heterocycles. The lowest BCUT2D eigenvalue weighted by Gasteiger charge is -2.19. The molecule has 0 aliphatic rings. The molecule has 5 heteroatoms. The second-order valence-corrected chi connectivity index (χ2v) is 7.40. The van der Waals surface area contributed by atoms with Crippen molar-refractivity contribution in [2.45, 2.75) is 31.1 Å². The van der Waals surface area contributed by atoms with E-state index in [9.17, 15) is 4.79 Å². The summed E-state index contributed by atoms with van der Waals surface area (Å²) in [6.07, 6.45) is 3.52. The molecule has 0 spiro atoms. The Morgan fingerprint density at radius 2 is 1.91 bits per heavy atom. The van der Waals surface area contributed by atoms with Gasteiger partial charge in [0.15, 0.2) is 0 Å². The van der Waals surface area contributed by atoms with E-state index in [1.165, 1.54) is 5.56 Å². The first kappa shape index (κ1) is 16.6. The van der Waals surface area contributed by atoms with Crippen molar-refractivity contribution in [1.29, 1.82) is 0 Å². The van der Waals surface area contributed by atoms with E-state index in [1.807, 2.05) is 17.8 Å². The van der Waals surface area contributed by atoms with Crippen LogP contribution < -0.4 is 4.90 Å². The van der Waals surface area contributed by atoms with Crippen molar-refractivity contribution >= 4 is 23.6 Å². The predicted octanol–water partition coefficient (Wildman–Crippen LogP) is 3.47. The number of benzene rings is 1. The molecule has 0 bridgehead atoms. The van der Waals surface area contributed by atoms with E-state index in [1.54, 1.807) is 29.9 Å². The summed E-state index contributed by atoms with van der Waals surface area (Å²) in [5.41, 5.74) is 1.45. The molecule has 2 rings (SSSR count). The number of aromatic nitrogens is 2. The summed E-state index contributed by atoms with van der Waals surface area (Å²) >= 11 is 1.55. The number of thioether (sulfide) groups is 1. The molecule has 0 fully saturated rings. The van der Waals surface area contributed by atoms with Gasteiger partial charge in [0.1, 0.15) is 0 Å². The van der Waals surface area contributed by atoms with Gasteiger partial charge in [-0.05, 0) is 23.1 Å². The van der Waals surface area contributed by atoms with Crippen LogP contribution in [0.4, 0.5) is 5.95 Å². The van der Waals surface area contributed by atoms with Crippen molar-refractivity contribution in [2.75, 3.05) is 17.7 Å². The Balaban J connectivity index is 1.95. The number of hydrogen-bond donors (Lipinski definition) is 0. The maximum Gasteiger partial charge on any atom is 0.239 e. The third-order valence-electron chi connectivity index (χ3n) is 3.55. The quantitative estimate of drug-likeness (QED) is 0.810. The van der Waals surface area contributed by atoms with E-state index in [0.29, 0.717) is 11.7 Å². The Bertz CT molecular complexity index is 641. The fraction of sp³-hybridized carbons (Fsp3) is 0.412. The molecule has 1 aromatic carbocycles. The minimum Gasteiger partial charge on any atom is -0.320 e. The first-order valence-electron chi connectivity index (χ1n) is 7.26. The standard InChI is InChI=1S/C17H23N3OS/c1-17(2,3)13-6-8-14(9-7-13)22-12-15(21)20(5)16-18-10-11-19(16)4/h6-11H,12H2,1-5H3. The summed E-state index contributed by atoms with van der Waals surface area (Å²) in [4.78, 5) is 19.1. The number of anilines is 1. The average Bonchev–Trinajstić information content (AvgIpc) is 2.89. The second-order valence-electron chi connectivity index (χ2n) is 6.35. The third-order valence-corrected chi connectivity index (χ3v) is 4.55. The van der Waals surface area contributed by atoms with Gasteiger partial charge in [0.25, 0.3) is 0 Å². The number of hydrogen-bond acceptors (Lipinski definition) is 3. The first-order chi connectivity index (χ1) is 10.3. The van der Waals surface area contributed by atoms with Gasteiger partial charge in [-0.25, -0.2) is 4.98 Å². The van der Waals surface area contributed by atoms with E-state index in [4.69, 9.17) is 0 Å². The molecule has 0 radical (unpaired) electrons.